The molecule has 1 aliphatic rings. The molecule has 1 aromatic rings. The van der Waals surface area contributed by atoms with Gasteiger partial charge >= 0.3 is 5.69 Å². The van der Waals surface area contributed by atoms with E-state index in [-0.39, 0.29) is 5.82 Å². The average molecular weight is 318 g/mol. The number of aliphatic hydroxyl groups excluding tert-OH is 2. The molecule has 1 fully saturated rings. The Kier molecular flexibility index (Phi) is 4.20. The van der Waals surface area contributed by atoms with E-state index in [1.165, 1.54) is 13.0 Å². The van der Waals surface area contributed by atoms with Gasteiger partial charge in [0, 0.05) is 11.6 Å². The molecule has 114 valence electrons. The molecule has 2 rings (SSSR count). The Hall–Kier alpha value is -1.66. The van der Waals surface area contributed by atoms with Crippen LogP contribution in [0.15, 0.2) is 17.1 Å². The molecule has 0 radical (unpaired) electrons. The van der Waals surface area contributed by atoms with Gasteiger partial charge in [-0.15, -0.1) is 0 Å². The third-order valence-corrected chi connectivity index (χ3v) is 3.30. The van der Waals surface area contributed by atoms with E-state index in [9.17, 15) is 19.4 Å². The first kappa shape index (κ1) is 15.7. The van der Waals surface area contributed by atoms with Crippen LogP contribution in [-0.4, -0.2) is 43.7 Å². The van der Waals surface area contributed by atoms with Gasteiger partial charge in [0.2, 0.25) is 5.67 Å². The maximum atomic E-state index is 15.0. The lowest BCUT2D eigenvalue weighted by molar-refractivity contribution is -0.0802. The molecule has 2 heterocycles. The lowest BCUT2D eigenvalue weighted by Crippen LogP contribution is -2.45. The quantitative estimate of drug-likeness (QED) is 0.627. The van der Waals surface area contributed by atoms with Crippen molar-refractivity contribution in [1.82, 2.24) is 9.55 Å². The normalized spacial score (nSPS) is 33.3. The van der Waals surface area contributed by atoms with Gasteiger partial charge in [0.1, 0.15) is 18.0 Å². The van der Waals surface area contributed by atoms with Crippen molar-refractivity contribution in [3.8, 4) is 11.3 Å². The highest BCUT2D eigenvalue weighted by Crippen LogP contribution is 2.41. The van der Waals surface area contributed by atoms with Crippen LogP contribution >= 0.6 is 11.6 Å². The minimum atomic E-state index is -2.68. The van der Waals surface area contributed by atoms with Crippen molar-refractivity contribution in [2.45, 2.75) is 37.1 Å². The Morgan fingerprint density at radius 3 is 2.90 bits per heavy atom. The summed E-state index contributed by atoms with van der Waals surface area (Å²) in [5, 5.41) is 21.4. The smallest absolute Gasteiger partial charge is 0.351 e. The van der Waals surface area contributed by atoms with Crippen LogP contribution in [0.25, 0.3) is 0 Å². The summed E-state index contributed by atoms with van der Waals surface area (Å²) in [5.74, 6) is 1.94. The summed E-state index contributed by atoms with van der Waals surface area (Å²) in [6.07, 6.45) is -4.70. The summed E-state index contributed by atoms with van der Waals surface area (Å²) in [5.41, 5.74) is 1.80. The molecule has 1 unspecified atom stereocenters. The SMILES string of the molecule is C[C@@H](O)[C@H]1O[C@@H](n2ccc(N)nc2=O)C(F)(C#CCl)[C@H]1O. The van der Waals surface area contributed by atoms with Gasteiger partial charge in [0.25, 0.3) is 0 Å². The molecule has 4 N–H and O–H groups in total. The molecule has 0 amide bonds. The highest BCUT2D eigenvalue weighted by atomic mass is 35.5. The van der Waals surface area contributed by atoms with Gasteiger partial charge in [-0.05, 0) is 30.5 Å². The summed E-state index contributed by atoms with van der Waals surface area (Å²) in [6, 6.07) is 1.27. The van der Waals surface area contributed by atoms with Gasteiger partial charge in [-0.2, -0.15) is 4.98 Å². The number of hydrogen-bond acceptors (Lipinski definition) is 6. The maximum Gasteiger partial charge on any atom is 0.351 e. The van der Waals surface area contributed by atoms with Crippen LogP contribution < -0.4 is 11.4 Å². The molecule has 7 nitrogen and oxygen atoms in total. The van der Waals surface area contributed by atoms with Crippen LogP contribution in [0, 0.1) is 11.3 Å². The molecule has 1 aromatic heterocycles. The number of aliphatic hydroxyl groups is 2. The fraction of sp³-hybridized carbons (Fsp3) is 0.500. The van der Waals surface area contributed by atoms with Crippen molar-refractivity contribution >= 4 is 17.4 Å². The average Bonchev–Trinajstić information content (AvgIpc) is 2.64. The Labute approximate surface area is 124 Å². The minimum Gasteiger partial charge on any atom is -0.391 e. The predicted octanol–water partition coefficient (Wildman–Crippen LogP) is -0.627. The number of nitrogens with two attached hydrogens (primary N) is 1. The van der Waals surface area contributed by atoms with Crippen LogP contribution in [-0.2, 0) is 4.74 Å². The lowest BCUT2D eigenvalue weighted by Gasteiger charge is -2.23. The van der Waals surface area contributed by atoms with Crippen LogP contribution in [0.4, 0.5) is 10.2 Å². The number of anilines is 1. The molecule has 21 heavy (non-hydrogen) atoms. The second-order valence-electron chi connectivity index (χ2n) is 4.67. The van der Waals surface area contributed by atoms with Crippen LogP contribution in [0.5, 0.6) is 0 Å². The number of nitrogens with zero attached hydrogens (tertiary/aromatic N) is 2. The second-order valence-corrected chi connectivity index (χ2v) is 4.86. The molecule has 5 atom stereocenters. The van der Waals surface area contributed by atoms with Gasteiger partial charge in [0.05, 0.1) is 6.10 Å². The molecule has 1 aliphatic heterocycles. The van der Waals surface area contributed by atoms with E-state index in [4.69, 9.17) is 22.1 Å². The molecule has 0 spiro atoms. The Balaban J connectivity index is 2.54. The predicted molar refractivity (Wildman–Crippen MR) is 72.0 cm³/mol. The molecular weight excluding hydrogens is 305 g/mol. The first-order valence-corrected chi connectivity index (χ1v) is 6.37. The number of aromatic nitrogens is 2. The molecular formula is C12H13ClFN3O4. The van der Waals surface area contributed by atoms with E-state index in [2.05, 4.69) is 4.98 Å². The standard InChI is InChI=1S/C12H13ClFN3O4/c1-6(18)8-9(19)12(14,3-4-13)10(21-8)17-5-2-7(15)16-11(17)20/h2,5-6,8-10,18-19H,1H3,(H2,15,16,20)/t6-,8-,9+,10-,12?/m1/s1. The summed E-state index contributed by atoms with van der Waals surface area (Å²) in [7, 11) is 0. The van der Waals surface area contributed by atoms with Crippen molar-refractivity contribution < 1.29 is 19.3 Å². The monoisotopic (exact) mass is 317 g/mol. The Morgan fingerprint density at radius 1 is 1.71 bits per heavy atom. The van der Waals surface area contributed by atoms with Gasteiger partial charge in [-0.1, -0.05) is 0 Å². The zero-order valence-electron chi connectivity index (χ0n) is 10.9. The molecule has 0 saturated carbocycles. The fourth-order valence-electron chi connectivity index (χ4n) is 2.17. The maximum absolute atomic E-state index is 15.0. The number of ether oxygens (including phenoxy) is 1. The molecule has 1 saturated heterocycles. The second kappa shape index (κ2) is 5.61. The van der Waals surface area contributed by atoms with Crippen molar-refractivity contribution in [3.63, 3.8) is 0 Å². The van der Waals surface area contributed by atoms with Gasteiger partial charge in [0.15, 0.2) is 6.23 Å². The summed E-state index contributed by atoms with van der Waals surface area (Å²) >= 11 is 5.23. The van der Waals surface area contributed by atoms with Crippen molar-refractivity contribution in [3.05, 3.63) is 22.7 Å². The molecule has 0 bridgehead atoms. The van der Waals surface area contributed by atoms with Crippen molar-refractivity contribution in [2.75, 3.05) is 5.73 Å². The van der Waals surface area contributed by atoms with E-state index < -0.39 is 35.9 Å². The number of rotatable bonds is 2. The minimum absolute atomic E-state index is 0.0465. The van der Waals surface area contributed by atoms with Crippen LogP contribution in [0.1, 0.15) is 13.2 Å². The van der Waals surface area contributed by atoms with Crippen LogP contribution in [0.3, 0.4) is 0 Å². The van der Waals surface area contributed by atoms with E-state index >= 15 is 0 Å². The molecule has 0 aliphatic carbocycles. The topological polar surface area (TPSA) is 111 Å². The van der Waals surface area contributed by atoms with Gasteiger partial charge < -0.3 is 20.7 Å². The van der Waals surface area contributed by atoms with Gasteiger partial charge in [-0.25, -0.2) is 9.18 Å². The van der Waals surface area contributed by atoms with Crippen LogP contribution in [0.2, 0.25) is 0 Å². The summed E-state index contributed by atoms with van der Waals surface area (Å²) < 4.78 is 21.0. The third-order valence-electron chi connectivity index (χ3n) is 3.21. The highest BCUT2D eigenvalue weighted by Gasteiger charge is 2.59. The largest absolute Gasteiger partial charge is 0.391 e. The Bertz CT molecular complexity index is 656. The third kappa shape index (κ3) is 2.61. The van der Waals surface area contributed by atoms with E-state index in [0.29, 0.717) is 0 Å². The van der Waals surface area contributed by atoms with E-state index in [1.54, 1.807) is 0 Å². The number of hydrogen-bond donors (Lipinski definition) is 3. The highest BCUT2D eigenvalue weighted by molar-refractivity contribution is 6.30. The van der Waals surface area contributed by atoms with Crippen molar-refractivity contribution in [1.29, 1.82) is 0 Å². The molecule has 9 heteroatoms. The lowest BCUT2D eigenvalue weighted by atomic mass is 9.95. The zero-order valence-corrected chi connectivity index (χ0v) is 11.7. The summed E-state index contributed by atoms with van der Waals surface area (Å²) in [6.45, 7) is 1.31. The van der Waals surface area contributed by atoms with E-state index in [1.807, 2.05) is 11.3 Å². The first-order valence-electron chi connectivity index (χ1n) is 5.99. The number of alkyl halides is 1. The first-order chi connectivity index (χ1) is 9.81. The fourth-order valence-corrected chi connectivity index (χ4v) is 2.31. The zero-order chi connectivity index (χ0) is 15.8. The van der Waals surface area contributed by atoms with Gasteiger partial charge in [-0.3, -0.25) is 4.57 Å². The Morgan fingerprint density at radius 2 is 2.38 bits per heavy atom. The number of halogens is 2. The summed E-state index contributed by atoms with van der Waals surface area (Å²) in [4.78, 5) is 15.3. The van der Waals surface area contributed by atoms with Crippen molar-refractivity contribution in [2.24, 2.45) is 0 Å². The van der Waals surface area contributed by atoms with E-state index in [0.717, 1.165) is 10.8 Å². The number of nitrogen functional groups attached to an aromatic ring is 1. The molecule has 0 aromatic carbocycles.